The summed E-state index contributed by atoms with van der Waals surface area (Å²) in [6, 6.07) is 6.07. The van der Waals surface area contributed by atoms with E-state index in [0.29, 0.717) is 13.0 Å². The van der Waals surface area contributed by atoms with Crippen LogP contribution in [0.1, 0.15) is 12.0 Å². The summed E-state index contributed by atoms with van der Waals surface area (Å²) in [7, 11) is 1.41. The molecule has 0 bridgehead atoms. The molecule has 0 aliphatic heterocycles. The lowest BCUT2D eigenvalue weighted by molar-refractivity contribution is -0.139. The van der Waals surface area contributed by atoms with Crippen LogP contribution in [-0.4, -0.2) is 19.6 Å². The summed E-state index contributed by atoms with van der Waals surface area (Å²) in [6.07, 6.45) is 11.3. The molecule has 0 amide bonds. The van der Waals surface area contributed by atoms with E-state index in [0.717, 1.165) is 17.2 Å². The monoisotopic (exact) mass is 271 g/mol. The van der Waals surface area contributed by atoms with Gasteiger partial charge in [0.15, 0.2) is 0 Å². The van der Waals surface area contributed by atoms with E-state index in [1.165, 1.54) is 12.3 Å². The largest absolute Gasteiger partial charge is 0.469 e. The molecule has 3 heteroatoms. The van der Waals surface area contributed by atoms with Crippen molar-refractivity contribution in [1.29, 1.82) is 0 Å². The summed E-state index contributed by atoms with van der Waals surface area (Å²) < 4.78 is 4.65. The number of benzene rings is 1. The van der Waals surface area contributed by atoms with Crippen LogP contribution in [-0.2, 0) is 16.0 Å². The van der Waals surface area contributed by atoms with Crippen molar-refractivity contribution in [2.75, 3.05) is 13.7 Å². The standard InChI is InChI=1S/C14H14O2.C3H7N/c1-16-14(15)10-11-7-8-12-5-3-2-4-6-13(12)9-11;1-2-3-4/h2,4-9H,3,10H2,1H3;2H,1,3-4H2. The molecule has 0 radical (unpaired) electrons. The number of hydrogen-bond acceptors (Lipinski definition) is 3. The molecule has 1 aliphatic carbocycles. The molecule has 0 saturated carbocycles. The number of allylic oxidation sites excluding steroid dienone is 2. The average Bonchev–Trinajstić information content (AvgIpc) is 2.72. The summed E-state index contributed by atoms with van der Waals surface area (Å²) in [5.74, 6) is -0.201. The first-order chi connectivity index (χ1) is 9.71. The number of fused-ring (bicyclic) bond motifs is 1. The molecule has 2 rings (SSSR count). The zero-order valence-electron chi connectivity index (χ0n) is 11.8. The van der Waals surface area contributed by atoms with E-state index in [9.17, 15) is 4.79 Å². The Bertz CT molecular complexity index is 600. The van der Waals surface area contributed by atoms with Gasteiger partial charge in [0, 0.05) is 6.54 Å². The van der Waals surface area contributed by atoms with E-state index in [1.54, 1.807) is 6.08 Å². The van der Waals surface area contributed by atoms with Gasteiger partial charge in [-0.1, -0.05) is 48.6 Å². The van der Waals surface area contributed by atoms with E-state index >= 15 is 0 Å². The molecule has 0 spiro atoms. The third kappa shape index (κ3) is 5.24. The lowest BCUT2D eigenvalue weighted by Gasteiger charge is -2.00. The van der Waals surface area contributed by atoms with Crippen molar-refractivity contribution in [3.63, 3.8) is 0 Å². The van der Waals surface area contributed by atoms with E-state index in [4.69, 9.17) is 5.73 Å². The second-order valence-corrected chi connectivity index (χ2v) is 4.28. The van der Waals surface area contributed by atoms with Crippen molar-refractivity contribution < 1.29 is 9.53 Å². The van der Waals surface area contributed by atoms with Gasteiger partial charge in [-0.2, -0.15) is 0 Å². The Morgan fingerprint density at radius 1 is 1.45 bits per heavy atom. The number of ether oxygens (including phenoxy) is 1. The molecule has 0 unspecified atom stereocenters. The molecule has 2 N–H and O–H groups in total. The van der Waals surface area contributed by atoms with E-state index in [-0.39, 0.29) is 5.97 Å². The zero-order valence-corrected chi connectivity index (χ0v) is 11.8. The number of esters is 1. The van der Waals surface area contributed by atoms with Crippen LogP contribution >= 0.6 is 0 Å². The smallest absolute Gasteiger partial charge is 0.309 e. The predicted octanol–water partition coefficient (Wildman–Crippen LogP) is 1.05. The Kier molecular flexibility index (Phi) is 7.07. The van der Waals surface area contributed by atoms with Gasteiger partial charge in [-0.3, -0.25) is 4.79 Å². The number of carbonyl (C=O) groups is 1. The highest BCUT2D eigenvalue weighted by molar-refractivity contribution is 5.72. The van der Waals surface area contributed by atoms with Gasteiger partial charge in [0.2, 0.25) is 0 Å². The maximum atomic E-state index is 11.2. The van der Waals surface area contributed by atoms with Crippen LogP contribution in [0.25, 0.3) is 12.2 Å². The first-order valence-electron chi connectivity index (χ1n) is 6.55. The first kappa shape index (κ1) is 15.9. The van der Waals surface area contributed by atoms with Crippen LogP contribution in [0.2, 0.25) is 0 Å². The molecule has 0 fully saturated rings. The molecular formula is C17H21NO2. The molecule has 1 aromatic rings. The maximum absolute atomic E-state index is 11.2. The van der Waals surface area contributed by atoms with Gasteiger partial charge in [-0.15, -0.1) is 6.58 Å². The van der Waals surface area contributed by atoms with Crippen LogP contribution in [0.15, 0.2) is 43.0 Å². The minimum atomic E-state index is -0.201. The highest BCUT2D eigenvalue weighted by Gasteiger charge is 2.02. The van der Waals surface area contributed by atoms with Crippen LogP contribution in [0.3, 0.4) is 0 Å². The van der Waals surface area contributed by atoms with Crippen molar-refractivity contribution in [2.45, 2.75) is 12.8 Å². The number of nitrogens with two attached hydrogens (primary N) is 1. The molecular weight excluding hydrogens is 250 g/mol. The summed E-state index contributed by atoms with van der Waals surface area (Å²) in [4.78, 5) is 11.2. The third-order valence-corrected chi connectivity index (χ3v) is 2.78. The van der Waals surface area contributed by atoms with Crippen molar-refractivity contribution in [3.05, 3.63) is 59.0 Å². The number of methoxy groups -OCH3 is 1. The number of rotatable bonds is 3. The summed E-state index contributed by atoms with van der Waals surface area (Å²) in [5.41, 5.74) is 5.90. The fourth-order valence-corrected chi connectivity index (χ4v) is 1.75. The minimum absolute atomic E-state index is 0.201. The van der Waals surface area contributed by atoms with Gasteiger partial charge in [0.05, 0.1) is 13.5 Å². The molecule has 1 aliphatic rings. The topological polar surface area (TPSA) is 52.3 Å². The highest BCUT2D eigenvalue weighted by Crippen LogP contribution is 1.97. The van der Waals surface area contributed by atoms with Gasteiger partial charge >= 0.3 is 5.97 Å². The molecule has 0 heterocycles. The minimum Gasteiger partial charge on any atom is -0.469 e. The van der Waals surface area contributed by atoms with Crippen LogP contribution < -0.4 is 16.2 Å². The molecule has 0 atom stereocenters. The van der Waals surface area contributed by atoms with Crippen LogP contribution in [0, 0.1) is 0 Å². The van der Waals surface area contributed by atoms with Gasteiger partial charge in [-0.25, -0.2) is 0 Å². The van der Waals surface area contributed by atoms with Crippen LogP contribution in [0.4, 0.5) is 0 Å². The normalized spacial score (nSPS) is 11.7. The van der Waals surface area contributed by atoms with Crippen LogP contribution in [0.5, 0.6) is 0 Å². The number of carbonyl (C=O) groups excluding carboxylic acids is 1. The van der Waals surface area contributed by atoms with Crippen molar-refractivity contribution in [1.82, 2.24) is 0 Å². The molecule has 20 heavy (non-hydrogen) atoms. The van der Waals surface area contributed by atoms with Gasteiger partial charge in [-0.05, 0) is 22.4 Å². The lowest BCUT2D eigenvalue weighted by Crippen LogP contribution is -2.24. The van der Waals surface area contributed by atoms with Gasteiger partial charge in [0.1, 0.15) is 0 Å². The second kappa shape index (κ2) is 8.88. The van der Waals surface area contributed by atoms with Crippen molar-refractivity contribution >= 4 is 18.1 Å². The average molecular weight is 271 g/mol. The Morgan fingerprint density at radius 2 is 2.20 bits per heavy atom. The molecule has 0 aromatic heterocycles. The Morgan fingerprint density at radius 3 is 2.85 bits per heavy atom. The Labute approximate surface area is 119 Å². The Balaban J connectivity index is 0.000000444. The van der Waals surface area contributed by atoms with Gasteiger partial charge in [0.25, 0.3) is 0 Å². The SMILES string of the molecule is C=CCN.COC(=O)Cc1ccc2c(c1)=CC=CCC=2. The molecule has 3 nitrogen and oxygen atoms in total. The second-order valence-electron chi connectivity index (χ2n) is 4.28. The third-order valence-electron chi connectivity index (χ3n) is 2.78. The van der Waals surface area contributed by atoms with Gasteiger partial charge < -0.3 is 10.5 Å². The van der Waals surface area contributed by atoms with E-state index < -0.39 is 0 Å². The summed E-state index contributed by atoms with van der Waals surface area (Å²) in [5, 5.41) is 2.38. The van der Waals surface area contributed by atoms with E-state index in [2.05, 4.69) is 35.6 Å². The maximum Gasteiger partial charge on any atom is 0.309 e. The van der Waals surface area contributed by atoms with Crippen molar-refractivity contribution in [2.24, 2.45) is 5.73 Å². The highest BCUT2D eigenvalue weighted by atomic mass is 16.5. The summed E-state index contributed by atoms with van der Waals surface area (Å²) in [6.45, 7) is 3.94. The number of hydrogen-bond donors (Lipinski definition) is 1. The molecule has 0 saturated heterocycles. The fourth-order valence-electron chi connectivity index (χ4n) is 1.75. The molecule has 1 aromatic carbocycles. The molecule has 106 valence electrons. The summed E-state index contributed by atoms with van der Waals surface area (Å²) >= 11 is 0. The predicted molar refractivity (Wildman–Crippen MR) is 83.4 cm³/mol. The van der Waals surface area contributed by atoms with E-state index in [1.807, 2.05) is 18.2 Å². The fraction of sp³-hybridized carbons (Fsp3) is 0.235. The lowest BCUT2D eigenvalue weighted by atomic mass is 10.1. The Hall–Kier alpha value is -2.13. The first-order valence-corrected chi connectivity index (χ1v) is 6.55. The zero-order chi connectivity index (χ0) is 14.8. The van der Waals surface area contributed by atoms with Crippen molar-refractivity contribution in [3.8, 4) is 0 Å². The quantitative estimate of drug-likeness (QED) is 0.660.